The SMILES string of the molecule is CCCCCCc1ccc(-c2nnc(CCN)s2)cc1. The Kier molecular flexibility index (Phi) is 6.15. The van der Waals surface area contributed by atoms with Gasteiger partial charge >= 0.3 is 0 Å². The van der Waals surface area contributed by atoms with Gasteiger partial charge in [0.2, 0.25) is 0 Å². The van der Waals surface area contributed by atoms with Gasteiger partial charge in [0, 0.05) is 12.0 Å². The van der Waals surface area contributed by atoms with E-state index in [0.29, 0.717) is 6.54 Å². The Hall–Kier alpha value is -1.26. The molecule has 0 aliphatic carbocycles. The highest BCUT2D eigenvalue weighted by molar-refractivity contribution is 7.14. The Labute approximate surface area is 125 Å². The largest absolute Gasteiger partial charge is 0.330 e. The summed E-state index contributed by atoms with van der Waals surface area (Å²) >= 11 is 1.64. The van der Waals surface area contributed by atoms with Crippen LogP contribution in [0.25, 0.3) is 10.6 Å². The quantitative estimate of drug-likeness (QED) is 0.751. The number of benzene rings is 1. The topological polar surface area (TPSA) is 51.8 Å². The lowest BCUT2D eigenvalue weighted by atomic mass is 10.0. The fourth-order valence-corrected chi connectivity index (χ4v) is 3.02. The van der Waals surface area contributed by atoms with Crippen molar-refractivity contribution in [1.82, 2.24) is 10.2 Å². The van der Waals surface area contributed by atoms with Crippen LogP contribution in [0.5, 0.6) is 0 Å². The number of hydrogen-bond acceptors (Lipinski definition) is 4. The fraction of sp³-hybridized carbons (Fsp3) is 0.500. The zero-order valence-corrected chi connectivity index (χ0v) is 13.0. The number of nitrogens with two attached hydrogens (primary N) is 1. The van der Waals surface area contributed by atoms with Crippen LogP contribution in [0.1, 0.15) is 43.2 Å². The van der Waals surface area contributed by atoms with Crippen LogP contribution < -0.4 is 5.73 Å². The van der Waals surface area contributed by atoms with Crippen molar-refractivity contribution in [3.63, 3.8) is 0 Å². The summed E-state index contributed by atoms with van der Waals surface area (Å²) in [6.07, 6.45) is 7.24. The molecule has 0 amide bonds. The number of nitrogens with zero attached hydrogens (tertiary/aromatic N) is 2. The number of unbranched alkanes of at least 4 members (excludes halogenated alkanes) is 3. The smallest absolute Gasteiger partial charge is 0.147 e. The standard InChI is InChI=1S/C16H23N3S/c1-2-3-4-5-6-13-7-9-14(10-8-13)16-19-18-15(20-16)11-12-17/h7-10H,2-6,11-12,17H2,1H3. The van der Waals surface area contributed by atoms with Gasteiger partial charge in [-0.25, -0.2) is 0 Å². The molecule has 0 atom stereocenters. The summed E-state index contributed by atoms with van der Waals surface area (Å²) in [4.78, 5) is 0. The van der Waals surface area contributed by atoms with Crippen LogP contribution in [0.3, 0.4) is 0 Å². The van der Waals surface area contributed by atoms with Crippen LogP contribution >= 0.6 is 11.3 Å². The van der Waals surface area contributed by atoms with Crippen molar-refractivity contribution < 1.29 is 0 Å². The Bertz CT molecular complexity index is 505. The first kappa shape index (κ1) is 15.1. The average Bonchev–Trinajstić information content (AvgIpc) is 2.93. The molecule has 0 bridgehead atoms. The molecule has 108 valence electrons. The summed E-state index contributed by atoms with van der Waals surface area (Å²) in [6.45, 7) is 2.88. The second-order valence-electron chi connectivity index (χ2n) is 5.05. The highest BCUT2D eigenvalue weighted by Gasteiger charge is 2.06. The van der Waals surface area contributed by atoms with Crippen LogP contribution in [-0.2, 0) is 12.8 Å². The molecule has 20 heavy (non-hydrogen) atoms. The van der Waals surface area contributed by atoms with E-state index in [-0.39, 0.29) is 0 Å². The van der Waals surface area contributed by atoms with Gasteiger partial charge in [0.1, 0.15) is 10.0 Å². The van der Waals surface area contributed by atoms with E-state index in [9.17, 15) is 0 Å². The van der Waals surface area contributed by atoms with Crippen molar-refractivity contribution >= 4 is 11.3 Å². The van der Waals surface area contributed by atoms with E-state index in [4.69, 9.17) is 5.73 Å². The van der Waals surface area contributed by atoms with Gasteiger partial charge in [0.05, 0.1) is 0 Å². The van der Waals surface area contributed by atoms with Crippen molar-refractivity contribution in [3.8, 4) is 10.6 Å². The molecule has 1 aromatic heterocycles. The maximum atomic E-state index is 5.54. The van der Waals surface area contributed by atoms with E-state index in [1.165, 1.54) is 37.7 Å². The molecular weight excluding hydrogens is 266 g/mol. The van der Waals surface area contributed by atoms with E-state index in [1.807, 2.05) is 0 Å². The van der Waals surface area contributed by atoms with Crippen LogP contribution in [0.4, 0.5) is 0 Å². The van der Waals surface area contributed by atoms with Crippen molar-refractivity contribution in [1.29, 1.82) is 0 Å². The minimum atomic E-state index is 0.630. The molecule has 0 unspecified atom stereocenters. The lowest BCUT2D eigenvalue weighted by Gasteiger charge is -2.02. The third-order valence-corrected chi connectivity index (χ3v) is 4.38. The zero-order chi connectivity index (χ0) is 14.2. The molecule has 0 saturated carbocycles. The molecule has 4 heteroatoms. The average molecular weight is 289 g/mol. The fourth-order valence-electron chi connectivity index (χ4n) is 2.16. The molecule has 2 aromatic rings. The van der Waals surface area contributed by atoms with Gasteiger partial charge in [-0.1, -0.05) is 61.8 Å². The number of aryl methyl sites for hydroxylation is 1. The number of rotatable bonds is 8. The molecule has 0 radical (unpaired) electrons. The Morgan fingerprint density at radius 3 is 2.50 bits per heavy atom. The summed E-state index contributed by atoms with van der Waals surface area (Å²) in [6, 6.07) is 8.74. The van der Waals surface area contributed by atoms with E-state index in [0.717, 1.165) is 22.0 Å². The Morgan fingerprint density at radius 1 is 1.00 bits per heavy atom. The molecule has 0 spiro atoms. The van der Waals surface area contributed by atoms with Gasteiger partial charge in [-0.05, 0) is 24.9 Å². The summed E-state index contributed by atoms with van der Waals surface area (Å²) in [5.74, 6) is 0. The normalized spacial score (nSPS) is 10.9. The number of hydrogen-bond donors (Lipinski definition) is 1. The first-order valence-electron chi connectivity index (χ1n) is 7.45. The first-order chi connectivity index (χ1) is 9.83. The Balaban J connectivity index is 1.93. The monoisotopic (exact) mass is 289 g/mol. The predicted molar refractivity (Wildman–Crippen MR) is 85.9 cm³/mol. The van der Waals surface area contributed by atoms with Gasteiger partial charge in [-0.15, -0.1) is 10.2 Å². The van der Waals surface area contributed by atoms with Crippen molar-refractivity contribution in [2.75, 3.05) is 6.54 Å². The van der Waals surface area contributed by atoms with Crippen LogP contribution in [-0.4, -0.2) is 16.7 Å². The van der Waals surface area contributed by atoms with Gasteiger partial charge < -0.3 is 5.73 Å². The second-order valence-corrected chi connectivity index (χ2v) is 6.11. The number of aromatic nitrogens is 2. The summed E-state index contributed by atoms with van der Waals surface area (Å²) < 4.78 is 0. The summed E-state index contributed by atoms with van der Waals surface area (Å²) in [7, 11) is 0. The van der Waals surface area contributed by atoms with Gasteiger partial charge in [0.15, 0.2) is 0 Å². The summed E-state index contributed by atoms with van der Waals surface area (Å²) in [5, 5.41) is 10.4. The van der Waals surface area contributed by atoms with Crippen molar-refractivity contribution in [3.05, 3.63) is 34.8 Å². The molecule has 1 aromatic carbocycles. The van der Waals surface area contributed by atoms with E-state index < -0.39 is 0 Å². The highest BCUT2D eigenvalue weighted by Crippen LogP contribution is 2.24. The van der Waals surface area contributed by atoms with Gasteiger partial charge in [0.25, 0.3) is 0 Å². The lowest BCUT2D eigenvalue weighted by molar-refractivity contribution is 0.667. The van der Waals surface area contributed by atoms with E-state index >= 15 is 0 Å². The summed E-state index contributed by atoms with van der Waals surface area (Å²) in [5.41, 5.74) is 8.10. The maximum absolute atomic E-state index is 5.54. The Morgan fingerprint density at radius 2 is 1.80 bits per heavy atom. The van der Waals surface area contributed by atoms with Gasteiger partial charge in [-0.2, -0.15) is 0 Å². The maximum Gasteiger partial charge on any atom is 0.147 e. The van der Waals surface area contributed by atoms with Gasteiger partial charge in [-0.3, -0.25) is 0 Å². The predicted octanol–water partition coefficient (Wildman–Crippen LogP) is 3.83. The lowest BCUT2D eigenvalue weighted by Crippen LogP contribution is -2.01. The molecule has 3 nitrogen and oxygen atoms in total. The minimum absolute atomic E-state index is 0.630. The molecule has 0 aliphatic heterocycles. The molecule has 2 N–H and O–H groups in total. The second kappa shape index (κ2) is 8.12. The third kappa shape index (κ3) is 4.39. The van der Waals surface area contributed by atoms with Crippen LogP contribution in [0.15, 0.2) is 24.3 Å². The first-order valence-corrected chi connectivity index (χ1v) is 8.27. The molecule has 0 saturated heterocycles. The minimum Gasteiger partial charge on any atom is -0.330 e. The highest BCUT2D eigenvalue weighted by atomic mass is 32.1. The molecule has 1 heterocycles. The third-order valence-electron chi connectivity index (χ3n) is 3.34. The van der Waals surface area contributed by atoms with Crippen molar-refractivity contribution in [2.45, 2.75) is 45.4 Å². The van der Waals surface area contributed by atoms with Crippen molar-refractivity contribution in [2.24, 2.45) is 5.73 Å². The molecule has 0 fully saturated rings. The molecular formula is C16H23N3S. The zero-order valence-electron chi connectivity index (χ0n) is 12.1. The van der Waals surface area contributed by atoms with Crippen LogP contribution in [0, 0.1) is 0 Å². The van der Waals surface area contributed by atoms with E-state index in [2.05, 4.69) is 41.4 Å². The van der Waals surface area contributed by atoms with E-state index in [1.54, 1.807) is 11.3 Å². The molecule has 0 aliphatic rings. The molecule has 2 rings (SSSR count). The van der Waals surface area contributed by atoms with Crippen LogP contribution in [0.2, 0.25) is 0 Å².